The molecule has 0 atom stereocenters. The lowest BCUT2D eigenvalue weighted by molar-refractivity contribution is -0.117. The van der Waals surface area contributed by atoms with E-state index >= 15 is 0 Å². The fourth-order valence-electron chi connectivity index (χ4n) is 1.90. The molecule has 0 saturated heterocycles. The van der Waals surface area contributed by atoms with E-state index in [9.17, 15) is 9.59 Å². The zero-order valence-electron chi connectivity index (χ0n) is 12.4. The summed E-state index contributed by atoms with van der Waals surface area (Å²) in [5.41, 5.74) is 1.51. The van der Waals surface area contributed by atoms with Gasteiger partial charge in [-0.05, 0) is 42.8 Å². The van der Waals surface area contributed by atoms with Gasteiger partial charge < -0.3 is 10.2 Å². The van der Waals surface area contributed by atoms with Crippen LogP contribution in [0.5, 0.6) is 0 Å². The number of thiophene rings is 1. The van der Waals surface area contributed by atoms with E-state index in [-0.39, 0.29) is 11.8 Å². The molecule has 0 aliphatic rings. The standard InChI is InChI=1S/C16H17ClN2O2S/c1-11(20)19(2)13-5-3-12(4-6-13)18-16(21)10-8-14-7-9-15(17)22-14/h3-7,9H,8,10H2,1-2H3,(H,18,21). The van der Waals surface area contributed by atoms with Gasteiger partial charge in [-0.15, -0.1) is 11.3 Å². The van der Waals surface area contributed by atoms with Crippen LogP contribution < -0.4 is 10.2 Å². The maximum Gasteiger partial charge on any atom is 0.224 e. The molecule has 22 heavy (non-hydrogen) atoms. The Morgan fingerprint density at radius 3 is 2.41 bits per heavy atom. The SMILES string of the molecule is CC(=O)N(C)c1ccc(NC(=O)CCc2ccc(Cl)s2)cc1. The topological polar surface area (TPSA) is 49.4 Å². The van der Waals surface area contributed by atoms with E-state index in [1.807, 2.05) is 12.1 Å². The number of carbonyl (C=O) groups excluding carboxylic acids is 2. The normalized spacial score (nSPS) is 10.3. The van der Waals surface area contributed by atoms with Crippen molar-refractivity contribution in [2.45, 2.75) is 19.8 Å². The predicted molar refractivity (Wildman–Crippen MR) is 91.8 cm³/mol. The Bertz CT molecular complexity index is 667. The zero-order valence-corrected chi connectivity index (χ0v) is 14.0. The highest BCUT2D eigenvalue weighted by atomic mass is 35.5. The first-order valence-corrected chi connectivity index (χ1v) is 8.03. The number of amides is 2. The molecule has 0 fully saturated rings. The first kappa shape index (κ1) is 16.5. The number of anilines is 2. The molecule has 1 N–H and O–H groups in total. The second-order valence-corrected chi connectivity index (χ2v) is 6.68. The fourth-order valence-corrected chi connectivity index (χ4v) is 2.98. The summed E-state index contributed by atoms with van der Waals surface area (Å²) in [6.07, 6.45) is 1.08. The van der Waals surface area contributed by atoms with Gasteiger partial charge in [-0.25, -0.2) is 0 Å². The molecule has 0 radical (unpaired) electrons. The maximum absolute atomic E-state index is 11.9. The van der Waals surface area contributed by atoms with Crippen LogP contribution >= 0.6 is 22.9 Å². The van der Waals surface area contributed by atoms with Crippen LogP contribution in [0.2, 0.25) is 4.34 Å². The number of carbonyl (C=O) groups is 2. The first-order chi connectivity index (χ1) is 10.5. The van der Waals surface area contributed by atoms with Crippen LogP contribution in [0, 0.1) is 0 Å². The van der Waals surface area contributed by atoms with Crippen LogP contribution in [0.4, 0.5) is 11.4 Å². The number of aryl methyl sites for hydroxylation is 1. The van der Waals surface area contributed by atoms with Gasteiger partial charge in [0.05, 0.1) is 4.34 Å². The molecule has 0 unspecified atom stereocenters. The Morgan fingerprint density at radius 2 is 1.86 bits per heavy atom. The number of nitrogens with zero attached hydrogens (tertiary/aromatic N) is 1. The molecule has 0 bridgehead atoms. The predicted octanol–water partition coefficient (Wildman–Crippen LogP) is 3.96. The highest BCUT2D eigenvalue weighted by molar-refractivity contribution is 7.16. The van der Waals surface area contributed by atoms with Gasteiger partial charge in [0.1, 0.15) is 0 Å². The van der Waals surface area contributed by atoms with Crippen LogP contribution in [0.1, 0.15) is 18.2 Å². The van der Waals surface area contributed by atoms with E-state index in [0.717, 1.165) is 20.6 Å². The average molecular weight is 337 g/mol. The number of nitrogens with one attached hydrogen (secondary N) is 1. The molecule has 1 aromatic heterocycles. The molecule has 2 aromatic rings. The van der Waals surface area contributed by atoms with Gasteiger partial charge in [0.15, 0.2) is 0 Å². The fraction of sp³-hybridized carbons (Fsp3) is 0.250. The van der Waals surface area contributed by atoms with Crippen molar-refractivity contribution in [3.63, 3.8) is 0 Å². The van der Waals surface area contributed by atoms with E-state index < -0.39 is 0 Å². The van der Waals surface area contributed by atoms with E-state index in [1.54, 1.807) is 36.2 Å². The number of rotatable bonds is 5. The largest absolute Gasteiger partial charge is 0.326 e. The van der Waals surface area contributed by atoms with Gasteiger partial charge in [0.25, 0.3) is 0 Å². The van der Waals surface area contributed by atoms with E-state index in [4.69, 9.17) is 11.6 Å². The van der Waals surface area contributed by atoms with Gasteiger partial charge in [0, 0.05) is 36.6 Å². The molecule has 0 aliphatic heterocycles. The van der Waals surface area contributed by atoms with Gasteiger partial charge in [-0.3, -0.25) is 9.59 Å². The highest BCUT2D eigenvalue weighted by Crippen LogP contribution is 2.23. The maximum atomic E-state index is 11.9. The highest BCUT2D eigenvalue weighted by Gasteiger charge is 2.07. The molecule has 0 saturated carbocycles. The average Bonchev–Trinajstić information content (AvgIpc) is 2.91. The molecular formula is C16H17ClN2O2S. The molecule has 1 aromatic carbocycles. The van der Waals surface area contributed by atoms with Crippen molar-refractivity contribution in [1.82, 2.24) is 0 Å². The molecule has 2 amide bonds. The Labute approximate surface area is 138 Å². The number of benzene rings is 1. The van der Waals surface area contributed by atoms with Crippen molar-refractivity contribution < 1.29 is 9.59 Å². The molecule has 4 nitrogen and oxygen atoms in total. The van der Waals surface area contributed by atoms with Crippen molar-refractivity contribution in [2.75, 3.05) is 17.3 Å². The van der Waals surface area contributed by atoms with Crippen LogP contribution in [-0.4, -0.2) is 18.9 Å². The molecule has 0 spiro atoms. The van der Waals surface area contributed by atoms with Crippen molar-refractivity contribution in [3.05, 3.63) is 45.6 Å². The smallest absolute Gasteiger partial charge is 0.224 e. The van der Waals surface area contributed by atoms with E-state index in [0.29, 0.717) is 12.8 Å². The summed E-state index contributed by atoms with van der Waals surface area (Å²) in [6, 6.07) is 11.0. The first-order valence-electron chi connectivity index (χ1n) is 6.84. The Hall–Kier alpha value is -1.85. The van der Waals surface area contributed by atoms with Gasteiger partial charge in [-0.1, -0.05) is 11.6 Å². The van der Waals surface area contributed by atoms with Gasteiger partial charge >= 0.3 is 0 Å². The van der Waals surface area contributed by atoms with Crippen molar-refractivity contribution in [3.8, 4) is 0 Å². The molecular weight excluding hydrogens is 320 g/mol. The summed E-state index contributed by atoms with van der Waals surface area (Å²) in [5, 5.41) is 2.84. The minimum atomic E-state index is -0.0443. The van der Waals surface area contributed by atoms with E-state index in [2.05, 4.69) is 5.32 Å². The Kier molecular flexibility index (Phi) is 5.57. The lowest BCUT2D eigenvalue weighted by Crippen LogP contribution is -2.22. The number of hydrogen-bond acceptors (Lipinski definition) is 3. The third kappa shape index (κ3) is 4.58. The lowest BCUT2D eigenvalue weighted by atomic mass is 10.2. The van der Waals surface area contributed by atoms with E-state index in [1.165, 1.54) is 18.3 Å². The lowest BCUT2D eigenvalue weighted by Gasteiger charge is -2.15. The van der Waals surface area contributed by atoms with Crippen LogP contribution in [0.3, 0.4) is 0 Å². The van der Waals surface area contributed by atoms with Crippen LogP contribution in [0.25, 0.3) is 0 Å². The van der Waals surface area contributed by atoms with Crippen molar-refractivity contribution >= 4 is 46.1 Å². The molecule has 116 valence electrons. The third-order valence-corrected chi connectivity index (χ3v) is 4.53. The monoisotopic (exact) mass is 336 g/mol. The third-order valence-electron chi connectivity index (χ3n) is 3.24. The van der Waals surface area contributed by atoms with Gasteiger partial charge in [0.2, 0.25) is 11.8 Å². The molecule has 0 aliphatic carbocycles. The summed E-state index contributed by atoms with van der Waals surface area (Å²) in [6.45, 7) is 1.51. The number of hydrogen-bond donors (Lipinski definition) is 1. The summed E-state index contributed by atoms with van der Waals surface area (Å²) in [4.78, 5) is 25.8. The minimum Gasteiger partial charge on any atom is -0.326 e. The van der Waals surface area contributed by atoms with Crippen LogP contribution in [0.15, 0.2) is 36.4 Å². The minimum absolute atomic E-state index is 0.0357. The second-order valence-electron chi connectivity index (χ2n) is 4.88. The quantitative estimate of drug-likeness (QED) is 0.898. The summed E-state index contributed by atoms with van der Waals surface area (Å²) in [5.74, 6) is -0.0800. The number of halogens is 1. The Balaban J connectivity index is 1.87. The molecule has 6 heteroatoms. The van der Waals surface area contributed by atoms with Crippen LogP contribution in [-0.2, 0) is 16.0 Å². The van der Waals surface area contributed by atoms with Crippen molar-refractivity contribution in [2.24, 2.45) is 0 Å². The summed E-state index contributed by atoms with van der Waals surface area (Å²) >= 11 is 7.35. The summed E-state index contributed by atoms with van der Waals surface area (Å²) in [7, 11) is 1.71. The second kappa shape index (κ2) is 7.42. The molecule has 1 heterocycles. The summed E-state index contributed by atoms with van der Waals surface area (Å²) < 4.78 is 0.737. The van der Waals surface area contributed by atoms with Gasteiger partial charge in [-0.2, -0.15) is 0 Å². The Morgan fingerprint density at radius 1 is 1.18 bits per heavy atom. The molecule has 2 rings (SSSR count). The van der Waals surface area contributed by atoms with Crippen molar-refractivity contribution in [1.29, 1.82) is 0 Å². The zero-order chi connectivity index (χ0) is 16.1.